The predicted octanol–water partition coefficient (Wildman–Crippen LogP) is 2.02. The lowest BCUT2D eigenvalue weighted by Gasteiger charge is -2.36. The zero-order valence-corrected chi connectivity index (χ0v) is 12.2. The Balaban J connectivity index is 1.74. The summed E-state index contributed by atoms with van der Waals surface area (Å²) < 4.78 is 1.49. The molecule has 2 saturated carbocycles. The highest BCUT2D eigenvalue weighted by atomic mass is 35.5. The van der Waals surface area contributed by atoms with E-state index < -0.39 is 5.60 Å². The van der Waals surface area contributed by atoms with E-state index in [4.69, 9.17) is 11.6 Å². The molecule has 2 N–H and O–H groups in total. The van der Waals surface area contributed by atoms with Gasteiger partial charge < -0.3 is 10.4 Å². The van der Waals surface area contributed by atoms with E-state index in [9.17, 15) is 9.90 Å². The Morgan fingerprint density at radius 3 is 2.75 bits per heavy atom. The summed E-state index contributed by atoms with van der Waals surface area (Å²) >= 11 is 6.06. The van der Waals surface area contributed by atoms with E-state index in [1.165, 1.54) is 30.1 Å². The average molecular weight is 298 g/mol. The van der Waals surface area contributed by atoms with Crippen LogP contribution < -0.4 is 10.9 Å². The fraction of sp³-hybridized carbons (Fsp3) is 0.714. The van der Waals surface area contributed by atoms with Gasteiger partial charge in [0.05, 0.1) is 16.8 Å². The minimum absolute atomic E-state index is 0.188. The van der Waals surface area contributed by atoms with Crippen LogP contribution >= 0.6 is 11.6 Å². The fourth-order valence-electron chi connectivity index (χ4n) is 2.69. The molecule has 0 amide bonds. The second-order valence-corrected chi connectivity index (χ2v) is 6.49. The van der Waals surface area contributed by atoms with Gasteiger partial charge in [-0.2, -0.15) is 5.10 Å². The summed E-state index contributed by atoms with van der Waals surface area (Å²) in [6.07, 6.45) is 7.67. The third kappa shape index (κ3) is 2.69. The van der Waals surface area contributed by atoms with Crippen LogP contribution in [0.5, 0.6) is 0 Å². The molecule has 2 aliphatic rings. The summed E-state index contributed by atoms with van der Waals surface area (Å²) in [5.74, 6) is 0.560. The molecule has 110 valence electrons. The topological polar surface area (TPSA) is 67.2 Å². The molecule has 0 radical (unpaired) electrons. The zero-order chi connectivity index (χ0) is 14.2. The van der Waals surface area contributed by atoms with Gasteiger partial charge in [0.2, 0.25) is 0 Å². The lowest BCUT2D eigenvalue weighted by molar-refractivity contribution is -0.0202. The Kier molecular flexibility index (Phi) is 3.73. The molecule has 3 rings (SSSR count). The van der Waals surface area contributed by atoms with Crippen molar-refractivity contribution in [3.05, 3.63) is 21.6 Å². The highest BCUT2D eigenvalue weighted by molar-refractivity contribution is 6.32. The molecule has 0 atom stereocenters. The molecule has 0 saturated heterocycles. The normalized spacial score (nSPS) is 21.1. The SMILES string of the molecule is O=c1c(NCC2(O)CCC2)c(Cl)cnn1CC1CCC1. The van der Waals surface area contributed by atoms with Crippen LogP contribution in [0.25, 0.3) is 0 Å². The number of aromatic nitrogens is 2. The molecule has 20 heavy (non-hydrogen) atoms. The van der Waals surface area contributed by atoms with Gasteiger partial charge in [-0.3, -0.25) is 4.79 Å². The molecule has 5 nitrogen and oxygen atoms in total. The van der Waals surface area contributed by atoms with Crippen LogP contribution in [0.1, 0.15) is 38.5 Å². The van der Waals surface area contributed by atoms with E-state index in [1.54, 1.807) is 0 Å². The molecule has 0 bridgehead atoms. The number of nitrogens with one attached hydrogen (secondary N) is 1. The van der Waals surface area contributed by atoms with Crippen LogP contribution in [0.15, 0.2) is 11.0 Å². The van der Waals surface area contributed by atoms with E-state index in [0.29, 0.717) is 29.7 Å². The molecule has 1 aromatic rings. The van der Waals surface area contributed by atoms with Crippen molar-refractivity contribution in [3.63, 3.8) is 0 Å². The van der Waals surface area contributed by atoms with Gasteiger partial charge in [-0.1, -0.05) is 18.0 Å². The summed E-state index contributed by atoms with van der Waals surface area (Å²) in [5.41, 5.74) is -0.508. The predicted molar refractivity (Wildman–Crippen MR) is 78.1 cm³/mol. The Labute approximate surface area is 122 Å². The molecule has 0 spiro atoms. The second-order valence-electron chi connectivity index (χ2n) is 6.08. The van der Waals surface area contributed by atoms with E-state index in [2.05, 4.69) is 10.4 Å². The van der Waals surface area contributed by atoms with Crippen molar-refractivity contribution in [2.75, 3.05) is 11.9 Å². The van der Waals surface area contributed by atoms with Crippen LogP contribution in [0.3, 0.4) is 0 Å². The van der Waals surface area contributed by atoms with Crippen LogP contribution in [0, 0.1) is 5.92 Å². The highest BCUT2D eigenvalue weighted by Crippen LogP contribution is 2.32. The van der Waals surface area contributed by atoms with Crippen molar-refractivity contribution in [3.8, 4) is 0 Å². The molecule has 0 unspecified atom stereocenters. The van der Waals surface area contributed by atoms with Crippen LogP contribution in [0.4, 0.5) is 5.69 Å². The molecule has 0 aromatic carbocycles. The number of anilines is 1. The molecule has 2 aliphatic carbocycles. The Hall–Kier alpha value is -1.07. The number of rotatable bonds is 5. The van der Waals surface area contributed by atoms with Gasteiger partial charge in [-0.05, 0) is 38.0 Å². The van der Waals surface area contributed by atoms with Gasteiger partial charge in [-0.25, -0.2) is 4.68 Å². The average Bonchev–Trinajstić information content (AvgIpc) is 2.33. The molecule has 1 heterocycles. The van der Waals surface area contributed by atoms with E-state index in [0.717, 1.165) is 19.3 Å². The van der Waals surface area contributed by atoms with E-state index in [1.807, 2.05) is 0 Å². The number of nitrogens with zero attached hydrogens (tertiary/aromatic N) is 2. The van der Waals surface area contributed by atoms with Crippen molar-refractivity contribution in [2.45, 2.75) is 50.7 Å². The van der Waals surface area contributed by atoms with E-state index in [-0.39, 0.29) is 5.56 Å². The maximum atomic E-state index is 12.4. The minimum atomic E-state index is -0.683. The third-order valence-electron chi connectivity index (χ3n) is 4.53. The van der Waals surface area contributed by atoms with Crippen LogP contribution in [0.2, 0.25) is 5.02 Å². The smallest absolute Gasteiger partial charge is 0.291 e. The van der Waals surface area contributed by atoms with Crippen molar-refractivity contribution in [2.24, 2.45) is 5.92 Å². The first kappa shape index (κ1) is 13.9. The maximum absolute atomic E-state index is 12.4. The van der Waals surface area contributed by atoms with Crippen molar-refractivity contribution in [1.29, 1.82) is 0 Å². The number of hydrogen-bond donors (Lipinski definition) is 2. The van der Waals surface area contributed by atoms with Gasteiger partial charge in [0, 0.05) is 13.1 Å². The number of halogens is 1. The third-order valence-corrected chi connectivity index (χ3v) is 4.82. The van der Waals surface area contributed by atoms with Gasteiger partial charge in [0.25, 0.3) is 5.56 Å². The Bertz CT molecular complexity index is 550. The highest BCUT2D eigenvalue weighted by Gasteiger charge is 2.34. The number of aliphatic hydroxyl groups is 1. The number of hydrogen-bond acceptors (Lipinski definition) is 4. The maximum Gasteiger partial charge on any atom is 0.291 e. The van der Waals surface area contributed by atoms with Crippen LogP contribution in [-0.4, -0.2) is 27.0 Å². The summed E-state index contributed by atoms with van der Waals surface area (Å²) in [7, 11) is 0. The van der Waals surface area contributed by atoms with Crippen molar-refractivity contribution >= 4 is 17.3 Å². The summed E-state index contributed by atoms with van der Waals surface area (Å²) in [6, 6.07) is 0. The standard InChI is InChI=1S/C14H20ClN3O2/c15-11-7-17-18(8-10-3-1-4-10)13(19)12(11)16-9-14(20)5-2-6-14/h7,10,16,20H,1-6,8-9H2. The largest absolute Gasteiger partial charge is 0.388 e. The van der Waals surface area contributed by atoms with Gasteiger partial charge in [0.15, 0.2) is 0 Å². The molecular weight excluding hydrogens is 278 g/mol. The molecule has 6 heteroatoms. The van der Waals surface area contributed by atoms with Crippen molar-refractivity contribution < 1.29 is 5.11 Å². The Morgan fingerprint density at radius 2 is 2.20 bits per heavy atom. The fourth-order valence-corrected chi connectivity index (χ4v) is 2.88. The molecule has 0 aliphatic heterocycles. The van der Waals surface area contributed by atoms with Gasteiger partial charge in [0.1, 0.15) is 5.69 Å². The van der Waals surface area contributed by atoms with Crippen LogP contribution in [-0.2, 0) is 6.54 Å². The first-order valence-corrected chi connectivity index (χ1v) is 7.67. The minimum Gasteiger partial charge on any atom is -0.388 e. The first-order valence-electron chi connectivity index (χ1n) is 7.29. The Morgan fingerprint density at radius 1 is 1.45 bits per heavy atom. The van der Waals surface area contributed by atoms with Gasteiger partial charge in [-0.15, -0.1) is 0 Å². The monoisotopic (exact) mass is 297 g/mol. The lowest BCUT2D eigenvalue weighted by atomic mass is 9.80. The second kappa shape index (κ2) is 5.37. The molecular formula is C14H20ClN3O2. The quantitative estimate of drug-likeness (QED) is 0.872. The zero-order valence-electron chi connectivity index (χ0n) is 11.4. The van der Waals surface area contributed by atoms with Crippen molar-refractivity contribution in [1.82, 2.24) is 9.78 Å². The van der Waals surface area contributed by atoms with Gasteiger partial charge >= 0.3 is 0 Å². The lowest BCUT2D eigenvalue weighted by Crippen LogP contribution is -2.44. The first-order chi connectivity index (χ1) is 9.57. The summed E-state index contributed by atoms with van der Waals surface area (Å²) in [6.45, 7) is 1.03. The molecule has 1 aromatic heterocycles. The van der Waals surface area contributed by atoms with E-state index >= 15 is 0 Å². The summed E-state index contributed by atoms with van der Waals surface area (Å²) in [5, 5.41) is 17.5. The summed E-state index contributed by atoms with van der Waals surface area (Å²) in [4.78, 5) is 12.4. The molecule has 2 fully saturated rings.